The third-order valence-corrected chi connectivity index (χ3v) is 6.42. The van der Waals surface area contributed by atoms with E-state index < -0.39 is 0 Å². The SMILES string of the molecule is CC(C)CCCc1cccc2c1OC(C)(C)C2.CC(C)CCCc1cccc2c1OCC2. The molecule has 4 rings (SSSR count). The van der Waals surface area contributed by atoms with E-state index in [-0.39, 0.29) is 5.60 Å². The molecule has 2 heterocycles. The number of fused-ring (bicyclic) bond motifs is 2. The summed E-state index contributed by atoms with van der Waals surface area (Å²) in [5, 5.41) is 0. The highest BCUT2D eigenvalue weighted by atomic mass is 16.5. The lowest BCUT2D eigenvalue weighted by atomic mass is 9.98. The smallest absolute Gasteiger partial charge is 0.126 e. The highest BCUT2D eigenvalue weighted by Crippen LogP contribution is 2.38. The molecule has 2 aromatic rings. The molecule has 0 radical (unpaired) electrons. The molecule has 176 valence electrons. The van der Waals surface area contributed by atoms with Crippen molar-refractivity contribution >= 4 is 0 Å². The van der Waals surface area contributed by atoms with Gasteiger partial charge in [0, 0.05) is 12.8 Å². The first-order valence-electron chi connectivity index (χ1n) is 12.8. The van der Waals surface area contributed by atoms with Crippen LogP contribution in [0.3, 0.4) is 0 Å². The first kappa shape index (κ1) is 24.7. The minimum Gasteiger partial charge on any atom is -0.493 e. The van der Waals surface area contributed by atoms with Crippen molar-refractivity contribution in [2.24, 2.45) is 11.8 Å². The van der Waals surface area contributed by atoms with Gasteiger partial charge in [0.15, 0.2) is 0 Å². The van der Waals surface area contributed by atoms with E-state index in [0.29, 0.717) is 0 Å². The van der Waals surface area contributed by atoms with Crippen LogP contribution in [0.25, 0.3) is 0 Å². The van der Waals surface area contributed by atoms with Gasteiger partial charge in [0.05, 0.1) is 6.61 Å². The Morgan fingerprint density at radius 3 is 1.94 bits per heavy atom. The highest BCUT2D eigenvalue weighted by Gasteiger charge is 2.31. The van der Waals surface area contributed by atoms with Crippen LogP contribution in [0.5, 0.6) is 11.5 Å². The maximum atomic E-state index is 6.08. The molecule has 2 aliphatic heterocycles. The van der Waals surface area contributed by atoms with Crippen LogP contribution < -0.4 is 9.47 Å². The van der Waals surface area contributed by atoms with Gasteiger partial charge in [0.1, 0.15) is 17.1 Å². The predicted molar refractivity (Wildman–Crippen MR) is 136 cm³/mol. The number of hydrogen-bond acceptors (Lipinski definition) is 2. The number of rotatable bonds is 8. The maximum absolute atomic E-state index is 6.08. The van der Waals surface area contributed by atoms with Crippen molar-refractivity contribution in [2.45, 2.75) is 98.5 Å². The van der Waals surface area contributed by atoms with Crippen LogP contribution >= 0.6 is 0 Å². The second-order valence-electron chi connectivity index (χ2n) is 11.0. The standard InChI is InChI=1S/C16H24O.C14H20O/c1-12(2)7-5-8-13-9-6-10-14-11-16(3,4)17-15(13)14;1-11(2)5-3-6-12-7-4-8-13-9-10-15-14(12)13/h6,9-10,12H,5,7-8,11H2,1-4H3;4,7-8,11H,3,5-6,9-10H2,1-2H3. The fraction of sp³-hybridized carbons (Fsp3) is 0.600. The van der Waals surface area contributed by atoms with Gasteiger partial charge in [-0.1, -0.05) is 76.9 Å². The molecule has 0 amide bonds. The van der Waals surface area contributed by atoms with Crippen molar-refractivity contribution in [2.75, 3.05) is 6.61 Å². The van der Waals surface area contributed by atoms with Crippen LogP contribution in [0.15, 0.2) is 36.4 Å². The normalized spacial score (nSPS) is 15.6. The summed E-state index contributed by atoms with van der Waals surface area (Å²) in [5.41, 5.74) is 5.57. The third kappa shape index (κ3) is 7.02. The quantitative estimate of drug-likeness (QED) is 0.417. The Hall–Kier alpha value is -1.96. The van der Waals surface area contributed by atoms with Crippen molar-refractivity contribution in [3.63, 3.8) is 0 Å². The molecule has 0 aliphatic carbocycles. The lowest BCUT2D eigenvalue weighted by Crippen LogP contribution is -2.24. The molecule has 0 bridgehead atoms. The summed E-state index contributed by atoms with van der Waals surface area (Å²) >= 11 is 0. The van der Waals surface area contributed by atoms with Gasteiger partial charge in [-0.2, -0.15) is 0 Å². The van der Waals surface area contributed by atoms with Crippen molar-refractivity contribution in [3.8, 4) is 11.5 Å². The van der Waals surface area contributed by atoms with E-state index in [0.717, 1.165) is 37.7 Å². The molecule has 0 N–H and O–H groups in total. The fourth-order valence-electron chi connectivity index (χ4n) is 4.76. The molecule has 0 saturated carbocycles. The van der Waals surface area contributed by atoms with E-state index in [1.807, 2.05) is 0 Å². The molecule has 32 heavy (non-hydrogen) atoms. The van der Waals surface area contributed by atoms with Gasteiger partial charge in [-0.3, -0.25) is 0 Å². The van der Waals surface area contributed by atoms with E-state index in [4.69, 9.17) is 9.47 Å². The van der Waals surface area contributed by atoms with Crippen molar-refractivity contribution in [1.29, 1.82) is 0 Å². The number of benzene rings is 2. The van der Waals surface area contributed by atoms with Gasteiger partial charge in [0.2, 0.25) is 0 Å². The average Bonchev–Trinajstić information content (AvgIpc) is 3.31. The van der Waals surface area contributed by atoms with Crippen LogP contribution in [0.4, 0.5) is 0 Å². The summed E-state index contributed by atoms with van der Waals surface area (Å²) in [7, 11) is 0. The molecule has 0 unspecified atom stereocenters. The lowest BCUT2D eigenvalue weighted by molar-refractivity contribution is 0.137. The van der Waals surface area contributed by atoms with Gasteiger partial charge >= 0.3 is 0 Å². The monoisotopic (exact) mass is 436 g/mol. The molecule has 0 fully saturated rings. The Balaban J connectivity index is 0.000000182. The highest BCUT2D eigenvalue weighted by molar-refractivity contribution is 5.46. The van der Waals surface area contributed by atoms with Crippen LogP contribution in [0, 0.1) is 11.8 Å². The predicted octanol–water partition coefficient (Wildman–Crippen LogP) is 7.98. The van der Waals surface area contributed by atoms with Gasteiger partial charge < -0.3 is 9.47 Å². The molecule has 0 spiro atoms. The molecule has 0 saturated heterocycles. The van der Waals surface area contributed by atoms with Crippen molar-refractivity contribution < 1.29 is 9.47 Å². The Bertz CT molecular complexity index is 863. The molecule has 2 nitrogen and oxygen atoms in total. The Morgan fingerprint density at radius 2 is 1.34 bits per heavy atom. The maximum Gasteiger partial charge on any atom is 0.126 e. The second kappa shape index (κ2) is 11.3. The van der Waals surface area contributed by atoms with Crippen molar-refractivity contribution in [3.05, 3.63) is 58.7 Å². The average molecular weight is 437 g/mol. The zero-order valence-corrected chi connectivity index (χ0v) is 21.3. The molecule has 2 aromatic carbocycles. The van der Waals surface area contributed by atoms with Crippen LogP contribution in [-0.2, 0) is 25.7 Å². The zero-order valence-electron chi connectivity index (χ0n) is 21.3. The number of ether oxygens (including phenoxy) is 2. The topological polar surface area (TPSA) is 18.5 Å². The van der Waals surface area contributed by atoms with Crippen LogP contribution in [0.1, 0.15) is 89.5 Å². The van der Waals surface area contributed by atoms with Gasteiger partial charge in [-0.25, -0.2) is 0 Å². The van der Waals surface area contributed by atoms with E-state index in [9.17, 15) is 0 Å². The zero-order chi connectivity index (χ0) is 23.1. The summed E-state index contributed by atoms with van der Waals surface area (Å²) in [6.07, 6.45) is 9.60. The van der Waals surface area contributed by atoms with Gasteiger partial charge in [0.25, 0.3) is 0 Å². The third-order valence-electron chi connectivity index (χ3n) is 6.42. The minimum absolute atomic E-state index is 0.0174. The number of para-hydroxylation sites is 2. The van der Waals surface area contributed by atoms with Gasteiger partial charge in [-0.05, 0) is 73.6 Å². The fourth-order valence-corrected chi connectivity index (χ4v) is 4.76. The largest absolute Gasteiger partial charge is 0.493 e. The summed E-state index contributed by atoms with van der Waals surface area (Å²) in [4.78, 5) is 0. The molecular weight excluding hydrogens is 392 g/mol. The summed E-state index contributed by atoms with van der Waals surface area (Å²) in [6.45, 7) is 14.4. The molecule has 2 heteroatoms. The molecular formula is C30H44O2. The first-order chi connectivity index (χ1) is 15.2. The summed E-state index contributed by atoms with van der Waals surface area (Å²) in [5.74, 6) is 3.95. The van der Waals surface area contributed by atoms with E-state index in [1.54, 1.807) is 0 Å². The van der Waals surface area contributed by atoms with Crippen LogP contribution in [-0.4, -0.2) is 12.2 Å². The van der Waals surface area contributed by atoms with Gasteiger partial charge in [-0.15, -0.1) is 0 Å². The van der Waals surface area contributed by atoms with Crippen molar-refractivity contribution in [1.82, 2.24) is 0 Å². The minimum atomic E-state index is -0.0174. The Morgan fingerprint density at radius 1 is 0.781 bits per heavy atom. The molecule has 0 aromatic heterocycles. The second-order valence-corrected chi connectivity index (χ2v) is 11.0. The van der Waals surface area contributed by atoms with Crippen LogP contribution in [0.2, 0.25) is 0 Å². The molecule has 0 atom stereocenters. The number of hydrogen-bond donors (Lipinski definition) is 0. The lowest BCUT2D eigenvalue weighted by Gasteiger charge is -2.18. The summed E-state index contributed by atoms with van der Waals surface area (Å²) < 4.78 is 11.8. The Labute approximate surface area is 196 Å². The number of aryl methyl sites for hydroxylation is 2. The Kier molecular flexibility index (Phi) is 8.68. The molecule has 2 aliphatic rings. The van der Waals surface area contributed by atoms with E-state index in [1.165, 1.54) is 65.9 Å². The van der Waals surface area contributed by atoms with E-state index >= 15 is 0 Å². The summed E-state index contributed by atoms with van der Waals surface area (Å²) in [6, 6.07) is 13.2. The first-order valence-corrected chi connectivity index (χ1v) is 12.8. The van der Waals surface area contributed by atoms with E-state index in [2.05, 4.69) is 77.9 Å².